The first-order valence-corrected chi connectivity index (χ1v) is 6.70. The summed E-state index contributed by atoms with van der Waals surface area (Å²) in [6.07, 6.45) is 3.08. The molecule has 2 aromatic heterocycles. The first-order valence-electron chi connectivity index (χ1n) is 6.70. The Hall–Kier alpha value is -2.69. The molecule has 3 aromatic rings. The molecule has 0 aliphatic heterocycles. The molecule has 5 nitrogen and oxygen atoms in total. The van der Waals surface area contributed by atoms with E-state index < -0.39 is 0 Å². The van der Waals surface area contributed by atoms with Gasteiger partial charge in [0, 0.05) is 18.0 Å². The molecule has 0 N–H and O–H groups in total. The predicted octanol–water partition coefficient (Wildman–Crippen LogP) is 3.58. The van der Waals surface area contributed by atoms with Crippen LogP contribution in [-0.2, 0) is 0 Å². The minimum atomic E-state index is -0.314. The molecular formula is C16H15N3O2. The number of nitrogens with zero attached hydrogens (tertiary/aromatic N) is 3. The number of aryl methyl sites for hydroxylation is 1. The average Bonchev–Trinajstić information content (AvgIpc) is 3.00. The van der Waals surface area contributed by atoms with Gasteiger partial charge in [-0.1, -0.05) is 22.9 Å². The Balaban J connectivity index is 1.75. The number of hydrogen-bond acceptors (Lipinski definition) is 5. The van der Waals surface area contributed by atoms with Crippen molar-refractivity contribution in [2.24, 2.45) is 0 Å². The van der Waals surface area contributed by atoms with Gasteiger partial charge in [0.15, 0.2) is 6.10 Å². The zero-order valence-electron chi connectivity index (χ0n) is 11.9. The number of hydrogen-bond donors (Lipinski definition) is 0. The molecule has 0 radical (unpaired) electrons. The molecule has 1 unspecified atom stereocenters. The van der Waals surface area contributed by atoms with E-state index in [1.54, 1.807) is 12.4 Å². The van der Waals surface area contributed by atoms with E-state index in [4.69, 9.17) is 9.26 Å². The third kappa shape index (κ3) is 3.08. The summed E-state index contributed by atoms with van der Waals surface area (Å²) in [4.78, 5) is 8.39. The fourth-order valence-electron chi connectivity index (χ4n) is 1.88. The van der Waals surface area contributed by atoms with Gasteiger partial charge in [0.2, 0.25) is 5.82 Å². The van der Waals surface area contributed by atoms with Crippen LogP contribution in [0.1, 0.15) is 24.5 Å². The van der Waals surface area contributed by atoms with Gasteiger partial charge in [0.25, 0.3) is 5.89 Å². The minimum absolute atomic E-state index is 0.314. The third-order valence-corrected chi connectivity index (χ3v) is 3.04. The van der Waals surface area contributed by atoms with Gasteiger partial charge in [-0.05, 0) is 38.1 Å². The van der Waals surface area contributed by atoms with Crippen molar-refractivity contribution in [1.82, 2.24) is 15.1 Å². The molecule has 1 atom stereocenters. The van der Waals surface area contributed by atoms with Gasteiger partial charge in [0.05, 0.1) is 0 Å². The number of ether oxygens (including phenoxy) is 1. The molecule has 106 valence electrons. The van der Waals surface area contributed by atoms with Gasteiger partial charge in [-0.25, -0.2) is 0 Å². The monoisotopic (exact) mass is 281 g/mol. The summed E-state index contributed by atoms with van der Waals surface area (Å²) in [5.41, 5.74) is 2.00. The van der Waals surface area contributed by atoms with Crippen LogP contribution in [-0.4, -0.2) is 15.1 Å². The average molecular weight is 281 g/mol. The van der Waals surface area contributed by atoms with E-state index in [1.807, 2.05) is 50.2 Å². The third-order valence-electron chi connectivity index (χ3n) is 3.04. The molecule has 5 heteroatoms. The Morgan fingerprint density at radius 1 is 1.14 bits per heavy atom. The molecule has 0 spiro atoms. The molecule has 1 aromatic carbocycles. The largest absolute Gasteiger partial charge is 0.481 e. The molecule has 2 heterocycles. The molecule has 0 aliphatic carbocycles. The van der Waals surface area contributed by atoms with E-state index in [0.717, 1.165) is 11.3 Å². The van der Waals surface area contributed by atoms with Crippen LogP contribution >= 0.6 is 0 Å². The lowest BCUT2D eigenvalue weighted by Gasteiger charge is -2.10. The Morgan fingerprint density at radius 2 is 1.95 bits per heavy atom. The minimum Gasteiger partial charge on any atom is -0.481 e. The van der Waals surface area contributed by atoms with Crippen molar-refractivity contribution in [2.45, 2.75) is 20.0 Å². The van der Waals surface area contributed by atoms with Crippen molar-refractivity contribution in [3.8, 4) is 17.1 Å². The van der Waals surface area contributed by atoms with Gasteiger partial charge >= 0.3 is 0 Å². The number of benzene rings is 1. The molecule has 0 aliphatic rings. The topological polar surface area (TPSA) is 61.0 Å². The van der Waals surface area contributed by atoms with Gasteiger partial charge in [0.1, 0.15) is 5.75 Å². The lowest BCUT2D eigenvalue weighted by Crippen LogP contribution is -2.03. The maximum Gasteiger partial charge on any atom is 0.267 e. The smallest absolute Gasteiger partial charge is 0.267 e. The number of pyridine rings is 1. The van der Waals surface area contributed by atoms with Crippen LogP contribution in [0.3, 0.4) is 0 Å². The lowest BCUT2D eigenvalue weighted by atomic mass is 10.2. The van der Waals surface area contributed by atoms with Crippen LogP contribution in [0, 0.1) is 6.92 Å². The van der Waals surface area contributed by atoms with Crippen molar-refractivity contribution in [3.05, 3.63) is 60.2 Å². The van der Waals surface area contributed by atoms with E-state index in [-0.39, 0.29) is 6.10 Å². The molecule has 0 saturated heterocycles. The fraction of sp³-hybridized carbons (Fsp3) is 0.188. The van der Waals surface area contributed by atoms with Crippen molar-refractivity contribution in [2.75, 3.05) is 0 Å². The highest BCUT2D eigenvalue weighted by Gasteiger charge is 2.16. The normalized spacial score (nSPS) is 12.1. The molecule has 0 bridgehead atoms. The summed E-state index contributed by atoms with van der Waals surface area (Å²) >= 11 is 0. The van der Waals surface area contributed by atoms with E-state index in [0.29, 0.717) is 11.7 Å². The highest BCUT2D eigenvalue weighted by molar-refractivity contribution is 5.51. The summed E-state index contributed by atoms with van der Waals surface area (Å²) in [6.45, 7) is 3.91. The van der Waals surface area contributed by atoms with Gasteiger partial charge in [-0.2, -0.15) is 4.98 Å². The first-order chi connectivity index (χ1) is 10.2. The highest BCUT2D eigenvalue weighted by atomic mass is 16.5. The molecule has 0 fully saturated rings. The highest BCUT2D eigenvalue weighted by Crippen LogP contribution is 2.23. The van der Waals surface area contributed by atoms with Crippen molar-refractivity contribution in [3.63, 3.8) is 0 Å². The molecule has 0 amide bonds. The van der Waals surface area contributed by atoms with Crippen LogP contribution < -0.4 is 4.74 Å². The van der Waals surface area contributed by atoms with E-state index in [9.17, 15) is 0 Å². The summed E-state index contributed by atoms with van der Waals surface area (Å²) in [6, 6.07) is 11.5. The van der Waals surface area contributed by atoms with Gasteiger partial charge in [-0.3, -0.25) is 4.98 Å². The van der Waals surface area contributed by atoms with E-state index in [1.165, 1.54) is 5.56 Å². The Bertz CT molecular complexity index is 708. The summed E-state index contributed by atoms with van der Waals surface area (Å²) in [5.74, 6) is 1.72. The fourth-order valence-corrected chi connectivity index (χ4v) is 1.88. The Kier molecular flexibility index (Phi) is 3.64. The maximum absolute atomic E-state index is 5.79. The van der Waals surface area contributed by atoms with E-state index >= 15 is 0 Å². The second-order valence-corrected chi connectivity index (χ2v) is 4.77. The predicted molar refractivity (Wildman–Crippen MR) is 77.8 cm³/mol. The summed E-state index contributed by atoms with van der Waals surface area (Å²) in [5, 5.41) is 3.96. The number of aromatic nitrogens is 3. The second-order valence-electron chi connectivity index (χ2n) is 4.77. The Morgan fingerprint density at radius 3 is 2.67 bits per heavy atom. The van der Waals surface area contributed by atoms with Crippen LogP contribution in [0.15, 0.2) is 53.3 Å². The van der Waals surface area contributed by atoms with Crippen LogP contribution in [0.25, 0.3) is 11.4 Å². The summed E-state index contributed by atoms with van der Waals surface area (Å²) < 4.78 is 11.1. The zero-order chi connectivity index (χ0) is 14.7. The van der Waals surface area contributed by atoms with Crippen molar-refractivity contribution >= 4 is 0 Å². The summed E-state index contributed by atoms with van der Waals surface area (Å²) in [7, 11) is 0. The van der Waals surface area contributed by atoms with Crippen molar-refractivity contribution in [1.29, 1.82) is 0 Å². The van der Waals surface area contributed by atoms with Crippen LogP contribution in [0.2, 0.25) is 0 Å². The molecule has 3 rings (SSSR count). The standard InChI is InChI=1S/C16H15N3O2/c1-11-5-7-14(8-6-11)20-12(2)16-18-15(19-21-16)13-4-3-9-17-10-13/h3-10,12H,1-2H3. The molecular weight excluding hydrogens is 266 g/mol. The lowest BCUT2D eigenvalue weighted by molar-refractivity contribution is 0.176. The maximum atomic E-state index is 5.79. The second kappa shape index (κ2) is 5.75. The van der Waals surface area contributed by atoms with Crippen LogP contribution in [0.4, 0.5) is 0 Å². The number of rotatable bonds is 4. The van der Waals surface area contributed by atoms with Gasteiger partial charge < -0.3 is 9.26 Å². The van der Waals surface area contributed by atoms with E-state index in [2.05, 4.69) is 15.1 Å². The van der Waals surface area contributed by atoms with Gasteiger partial charge in [-0.15, -0.1) is 0 Å². The molecule has 0 saturated carbocycles. The van der Waals surface area contributed by atoms with Crippen LogP contribution in [0.5, 0.6) is 5.75 Å². The first kappa shape index (κ1) is 13.3. The molecule has 21 heavy (non-hydrogen) atoms. The Labute approximate surface area is 122 Å². The zero-order valence-corrected chi connectivity index (χ0v) is 11.9. The quantitative estimate of drug-likeness (QED) is 0.731. The SMILES string of the molecule is Cc1ccc(OC(C)c2nc(-c3cccnc3)no2)cc1. The van der Waals surface area contributed by atoms with Crippen molar-refractivity contribution < 1.29 is 9.26 Å².